The Hall–Kier alpha value is -1.25. The summed E-state index contributed by atoms with van der Waals surface area (Å²) in [4.78, 5) is 4.50. The zero-order chi connectivity index (χ0) is 17.6. The quantitative estimate of drug-likeness (QED) is 0.523. The molecule has 0 bridgehead atoms. The number of sulfonamides is 1. The molecule has 1 heterocycles. The van der Waals surface area contributed by atoms with E-state index in [1.165, 1.54) is 25.6 Å². The van der Waals surface area contributed by atoms with Crippen molar-refractivity contribution in [2.75, 3.05) is 26.4 Å². The standard InChI is InChI=1S/C16H26N4O2S2/c1-16(8-5-9-23-16)12-20-15(17-2)19-11-13-6-4-7-14(10-13)24(21,22)18-3/h4,6-7,10,18H,5,8-9,11-12H2,1-3H3,(H2,17,19,20). The molecule has 0 radical (unpaired) electrons. The minimum Gasteiger partial charge on any atom is -0.355 e. The van der Waals surface area contributed by atoms with E-state index in [4.69, 9.17) is 0 Å². The predicted octanol–water partition coefficient (Wildman–Crippen LogP) is 1.55. The van der Waals surface area contributed by atoms with Crippen LogP contribution in [0.4, 0.5) is 0 Å². The first kappa shape index (κ1) is 19.1. The van der Waals surface area contributed by atoms with Crippen LogP contribution in [0.1, 0.15) is 25.3 Å². The largest absolute Gasteiger partial charge is 0.355 e. The van der Waals surface area contributed by atoms with Crippen molar-refractivity contribution in [3.63, 3.8) is 0 Å². The smallest absolute Gasteiger partial charge is 0.240 e. The average molecular weight is 371 g/mol. The van der Waals surface area contributed by atoms with E-state index < -0.39 is 10.0 Å². The SMILES string of the molecule is CN=C(NCc1cccc(S(=O)(=O)NC)c1)NCC1(C)CCCS1. The van der Waals surface area contributed by atoms with Gasteiger partial charge < -0.3 is 10.6 Å². The Morgan fingerprint density at radius 1 is 1.38 bits per heavy atom. The maximum absolute atomic E-state index is 11.9. The predicted molar refractivity (Wildman–Crippen MR) is 101 cm³/mol. The van der Waals surface area contributed by atoms with Crippen molar-refractivity contribution in [2.45, 2.75) is 36.0 Å². The number of benzene rings is 1. The lowest BCUT2D eigenvalue weighted by molar-refractivity contribution is 0.584. The van der Waals surface area contributed by atoms with Crippen molar-refractivity contribution in [1.82, 2.24) is 15.4 Å². The number of hydrogen-bond acceptors (Lipinski definition) is 4. The molecule has 1 aliphatic rings. The lowest BCUT2D eigenvalue weighted by Crippen LogP contribution is -2.43. The minimum absolute atomic E-state index is 0.262. The minimum atomic E-state index is -3.42. The number of aliphatic imine (C=N–C) groups is 1. The third-order valence-electron chi connectivity index (χ3n) is 4.09. The van der Waals surface area contributed by atoms with Gasteiger partial charge in [-0.25, -0.2) is 13.1 Å². The molecule has 1 atom stereocenters. The summed E-state index contributed by atoms with van der Waals surface area (Å²) >= 11 is 2.00. The van der Waals surface area contributed by atoms with Gasteiger partial charge in [0.25, 0.3) is 0 Å². The Balaban J connectivity index is 1.92. The fraction of sp³-hybridized carbons (Fsp3) is 0.562. The number of nitrogens with one attached hydrogen (secondary N) is 3. The number of guanidine groups is 1. The highest BCUT2D eigenvalue weighted by Gasteiger charge is 2.29. The van der Waals surface area contributed by atoms with Crippen LogP contribution in [-0.4, -0.2) is 45.5 Å². The molecule has 0 amide bonds. The maximum atomic E-state index is 11.9. The highest BCUT2D eigenvalue weighted by atomic mass is 32.2. The van der Waals surface area contributed by atoms with Gasteiger partial charge in [0.1, 0.15) is 0 Å². The topological polar surface area (TPSA) is 82.6 Å². The van der Waals surface area contributed by atoms with Crippen molar-refractivity contribution in [3.05, 3.63) is 29.8 Å². The van der Waals surface area contributed by atoms with Crippen molar-refractivity contribution >= 4 is 27.7 Å². The first-order chi connectivity index (χ1) is 11.4. The van der Waals surface area contributed by atoms with E-state index in [9.17, 15) is 8.42 Å². The normalized spacial score (nSPS) is 21.7. The summed E-state index contributed by atoms with van der Waals surface area (Å²) in [7, 11) is -0.273. The molecular formula is C16H26N4O2S2. The van der Waals surface area contributed by atoms with Crippen LogP contribution >= 0.6 is 11.8 Å². The van der Waals surface area contributed by atoms with Gasteiger partial charge in [0.05, 0.1) is 4.90 Å². The molecule has 1 aliphatic heterocycles. The second-order valence-corrected chi connectivity index (χ2v) is 9.61. The fourth-order valence-electron chi connectivity index (χ4n) is 2.59. The molecular weight excluding hydrogens is 344 g/mol. The number of rotatable bonds is 6. The van der Waals surface area contributed by atoms with Gasteiger partial charge >= 0.3 is 0 Å². The molecule has 0 aromatic heterocycles. The number of nitrogens with zero attached hydrogens (tertiary/aromatic N) is 1. The molecule has 1 fully saturated rings. The Bertz CT molecular complexity index is 683. The molecule has 1 unspecified atom stereocenters. The lowest BCUT2D eigenvalue weighted by Gasteiger charge is -2.24. The van der Waals surface area contributed by atoms with Gasteiger partial charge in [-0.3, -0.25) is 4.99 Å². The summed E-state index contributed by atoms with van der Waals surface area (Å²) < 4.78 is 26.3. The van der Waals surface area contributed by atoms with E-state index in [1.807, 2.05) is 17.8 Å². The van der Waals surface area contributed by atoms with Crippen molar-refractivity contribution in [1.29, 1.82) is 0 Å². The van der Waals surface area contributed by atoms with Crippen LogP contribution in [0.2, 0.25) is 0 Å². The molecule has 1 aromatic carbocycles. The molecule has 0 saturated carbocycles. The van der Waals surface area contributed by atoms with E-state index >= 15 is 0 Å². The molecule has 1 saturated heterocycles. The highest BCUT2D eigenvalue weighted by molar-refractivity contribution is 8.00. The summed E-state index contributed by atoms with van der Waals surface area (Å²) in [6.45, 7) is 3.65. The van der Waals surface area contributed by atoms with Crippen LogP contribution in [0, 0.1) is 0 Å². The van der Waals surface area contributed by atoms with Gasteiger partial charge in [0.15, 0.2) is 5.96 Å². The van der Waals surface area contributed by atoms with Gasteiger partial charge in [-0.1, -0.05) is 12.1 Å². The van der Waals surface area contributed by atoms with Crippen molar-refractivity contribution < 1.29 is 8.42 Å². The molecule has 24 heavy (non-hydrogen) atoms. The molecule has 2 rings (SSSR count). The Kier molecular flexibility index (Phi) is 6.54. The van der Waals surface area contributed by atoms with Gasteiger partial charge in [-0.05, 0) is 50.3 Å². The zero-order valence-corrected chi connectivity index (χ0v) is 16.1. The second kappa shape index (κ2) is 8.22. The molecule has 3 N–H and O–H groups in total. The van der Waals surface area contributed by atoms with Crippen LogP contribution < -0.4 is 15.4 Å². The third kappa shape index (κ3) is 5.12. The second-order valence-electron chi connectivity index (χ2n) is 6.04. The summed E-state index contributed by atoms with van der Waals surface area (Å²) in [5.74, 6) is 1.95. The van der Waals surface area contributed by atoms with Crippen molar-refractivity contribution in [2.24, 2.45) is 4.99 Å². The zero-order valence-electron chi connectivity index (χ0n) is 14.4. The van der Waals surface area contributed by atoms with E-state index in [0.717, 1.165) is 18.1 Å². The van der Waals surface area contributed by atoms with E-state index in [2.05, 4.69) is 27.3 Å². The monoisotopic (exact) mass is 370 g/mol. The van der Waals surface area contributed by atoms with Crippen LogP contribution in [0.3, 0.4) is 0 Å². The number of thioether (sulfide) groups is 1. The Morgan fingerprint density at radius 3 is 2.79 bits per heavy atom. The van der Waals surface area contributed by atoms with E-state index in [-0.39, 0.29) is 9.64 Å². The summed E-state index contributed by atoms with van der Waals surface area (Å²) in [6.07, 6.45) is 2.48. The highest BCUT2D eigenvalue weighted by Crippen LogP contribution is 2.36. The van der Waals surface area contributed by atoms with E-state index in [0.29, 0.717) is 6.54 Å². The lowest BCUT2D eigenvalue weighted by atomic mass is 10.1. The van der Waals surface area contributed by atoms with E-state index in [1.54, 1.807) is 25.2 Å². The molecule has 0 spiro atoms. The van der Waals surface area contributed by atoms with Crippen LogP contribution in [0.5, 0.6) is 0 Å². The average Bonchev–Trinajstić information content (AvgIpc) is 3.02. The Morgan fingerprint density at radius 2 is 2.17 bits per heavy atom. The van der Waals surface area contributed by atoms with Gasteiger partial charge in [0, 0.05) is 24.9 Å². The number of hydrogen-bond donors (Lipinski definition) is 3. The van der Waals surface area contributed by atoms with Gasteiger partial charge in [-0.15, -0.1) is 0 Å². The summed E-state index contributed by atoms with van der Waals surface area (Å²) in [6, 6.07) is 6.89. The molecule has 0 aliphatic carbocycles. The Labute approximate surface area is 149 Å². The summed E-state index contributed by atoms with van der Waals surface area (Å²) in [5.41, 5.74) is 0.885. The van der Waals surface area contributed by atoms with Crippen LogP contribution in [0.25, 0.3) is 0 Å². The summed E-state index contributed by atoms with van der Waals surface area (Å²) in [5, 5.41) is 6.60. The van der Waals surface area contributed by atoms with Crippen molar-refractivity contribution in [3.8, 4) is 0 Å². The molecule has 1 aromatic rings. The van der Waals surface area contributed by atoms with Gasteiger partial charge in [-0.2, -0.15) is 11.8 Å². The molecule has 8 heteroatoms. The van der Waals surface area contributed by atoms with Gasteiger partial charge in [0.2, 0.25) is 10.0 Å². The first-order valence-electron chi connectivity index (χ1n) is 7.99. The van der Waals surface area contributed by atoms with Crippen LogP contribution in [-0.2, 0) is 16.6 Å². The third-order valence-corrected chi connectivity index (χ3v) is 7.04. The fourth-order valence-corrected chi connectivity index (χ4v) is 4.64. The maximum Gasteiger partial charge on any atom is 0.240 e. The first-order valence-corrected chi connectivity index (χ1v) is 10.5. The molecule has 6 nitrogen and oxygen atoms in total. The van der Waals surface area contributed by atoms with Crippen LogP contribution in [0.15, 0.2) is 34.2 Å². The molecule has 134 valence electrons.